The lowest BCUT2D eigenvalue weighted by Gasteiger charge is -2.14. The second kappa shape index (κ2) is 8.55. The Bertz CT molecular complexity index is 404. The molecule has 1 unspecified atom stereocenters. The van der Waals surface area contributed by atoms with Crippen molar-refractivity contribution >= 4 is 5.91 Å². The van der Waals surface area contributed by atoms with Gasteiger partial charge in [-0.05, 0) is 44.5 Å². The number of carbonyl (C=O) groups is 1. The largest absolute Gasteiger partial charge is 0.491 e. The number of nitrogens with one attached hydrogen (secondary N) is 1. The van der Waals surface area contributed by atoms with Crippen molar-refractivity contribution in [3.05, 3.63) is 29.8 Å². The lowest BCUT2D eigenvalue weighted by Crippen LogP contribution is -2.28. The average molecular weight is 280 g/mol. The first-order valence-corrected chi connectivity index (χ1v) is 6.94. The van der Waals surface area contributed by atoms with Crippen LogP contribution in [0.5, 0.6) is 5.75 Å². The maximum atomic E-state index is 11.4. The molecule has 1 atom stereocenters. The summed E-state index contributed by atoms with van der Waals surface area (Å²) in [5.41, 5.74) is 6.08. The Balaban J connectivity index is 2.43. The molecule has 0 aliphatic carbocycles. The fourth-order valence-electron chi connectivity index (χ4n) is 1.72. The van der Waals surface area contributed by atoms with E-state index in [0.29, 0.717) is 19.4 Å². The van der Waals surface area contributed by atoms with Crippen molar-refractivity contribution in [3.8, 4) is 5.75 Å². The van der Waals surface area contributed by atoms with Crippen LogP contribution >= 0.6 is 0 Å². The third-order valence-electron chi connectivity index (χ3n) is 2.74. The number of carbonyl (C=O) groups excluding carboxylic acids is 1. The second-order valence-corrected chi connectivity index (χ2v) is 4.95. The van der Waals surface area contributed by atoms with Crippen LogP contribution in [0.4, 0.5) is 0 Å². The molecular weight excluding hydrogens is 256 g/mol. The fraction of sp³-hybridized carbons (Fsp3) is 0.533. The van der Waals surface area contributed by atoms with E-state index in [2.05, 4.69) is 5.32 Å². The molecule has 5 heteroatoms. The Morgan fingerprint density at radius 2 is 2.00 bits per heavy atom. The molecule has 0 heterocycles. The Kier molecular flexibility index (Phi) is 7.04. The number of aliphatic hydroxyl groups excluding tert-OH is 1. The van der Waals surface area contributed by atoms with Crippen molar-refractivity contribution < 1.29 is 14.6 Å². The maximum Gasteiger partial charge on any atom is 0.220 e. The minimum atomic E-state index is -0.718. The Morgan fingerprint density at radius 1 is 1.35 bits per heavy atom. The molecule has 0 aliphatic heterocycles. The number of rotatable bonds is 8. The molecule has 1 aromatic rings. The molecule has 20 heavy (non-hydrogen) atoms. The van der Waals surface area contributed by atoms with Crippen molar-refractivity contribution in [2.45, 2.75) is 38.9 Å². The van der Waals surface area contributed by atoms with Crippen molar-refractivity contribution in [1.29, 1.82) is 0 Å². The van der Waals surface area contributed by atoms with Gasteiger partial charge >= 0.3 is 0 Å². The van der Waals surface area contributed by atoms with Crippen molar-refractivity contribution in [3.63, 3.8) is 0 Å². The van der Waals surface area contributed by atoms with Gasteiger partial charge in [0.2, 0.25) is 5.91 Å². The summed E-state index contributed by atoms with van der Waals surface area (Å²) in [6.07, 6.45) is 0.450. The van der Waals surface area contributed by atoms with Crippen molar-refractivity contribution in [2.75, 3.05) is 13.1 Å². The molecule has 0 aromatic heterocycles. The second-order valence-electron chi connectivity index (χ2n) is 4.95. The minimum Gasteiger partial charge on any atom is -0.491 e. The van der Waals surface area contributed by atoms with Crippen LogP contribution in [0.3, 0.4) is 0 Å². The molecule has 0 radical (unpaired) electrons. The van der Waals surface area contributed by atoms with Crippen LogP contribution in [0.2, 0.25) is 0 Å². The highest BCUT2D eigenvalue weighted by Gasteiger charge is 2.09. The molecule has 5 nitrogen and oxygen atoms in total. The van der Waals surface area contributed by atoms with Gasteiger partial charge in [0, 0.05) is 13.0 Å². The zero-order chi connectivity index (χ0) is 15.0. The molecule has 112 valence electrons. The van der Waals surface area contributed by atoms with E-state index in [1.54, 1.807) is 12.1 Å². The lowest BCUT2D eigenvalue weighted by atomic mass is 10.1. The van der Waals surface area contributed by atoms with E-state index in [1.807, 2.05) is 26.0 Å². The van der Waals surface area contributed by atoms with Gasteiger partial charge in [-0.1, -0.05) is 12.1 Å². The first-order chi connectivity index (χ1) is 9.52. The molecule has 1 amide bonds. The van der Waals surface area contributed by atoms with Crippen LogP contribution in [0, 0.1) is 0 Å². The molecule has 0 bridgehead atoms. The van der Waals surface area contributed by atoms with Crippen LogP contribution in [-0.4, -0.2) is 30.2 Å². The summed E-state index contributed by atoms with van der Waals surface area (Å²) >= 11 is 0. The summed E-state index contributed by atoms with van der Waals surface area (Å²) < 4.78 is 5.53. The normalized spacial score (nSPS) is 12.2. The van der Waals surface area contributed by atoms with Crippen LogP contribution in [-0.2, 0) is 4.79 Å². The van der Waals surface area contributed by atoms with Gasteiger partial charge in [-0.3, -0.25) is 4.79 Å². The lowest BCUT2D eigenvalue weighted by molar-refractivity contribution is -0.121. The minimum absolute atomic E-state index is 0.0886. The van der Waals surface area contributed by atoms with Crippen molar-refractivity contribution in [2.24, 2.45) is 5.73 Å². The quantitative estimate of drug-likeness (QED) is 0.671. The van der Waals surface area contributed by atoms with Crippen LogP contribution < -0.4 is 15.8 Å². The highest BCUT2D eigenvalue weighted by atomic mass is 16.5. The number of nitrogens with two attached hydrogens (primary N) is 1. The van der Waals surface area contributed by atoms with Crippen LogP contribution in [0.25, 0.3) is 0 Å². The smallest absolute Gasteiger partial charge is 0.220 e. The Labute approximate surface area is 120 Å². The number of benzene rings is 1. The van der Waals surface area contributed by atoms with Gasteiger partial charge in [0.15, 0.2) is 0 Å². The number of ether oxygens (including phenoxy) is 1. The van der Waals surface area contributed by atoms with E-state index in [9.17, 15) is 9.90 Å². The summed E-state index contributed by atoms with van der Waals surface area (Å²) in [6, 6.07) is 7.23. The summed E-state index contributed by atoms with van der Waals surface area (Å²) in [7, 11) is 0. The maximum absolute atomic E-state index is 11.4. The van der Waals surface area contributed by atoms with Crippen LogP contribution in [0.1, 0.15) is 38.4 Å². The fourth-order valence-corrected chi connectivity index (χ4v) is 1.72. The molecule has 4 N–H and O–H groups in total. The number of hydrogen-bond acceptors (Lipinski definition) is 4. The van der Waals surface area contributed by atoms with Crippen molar-refractivity contribution in [1.82, 2.24) is 5.32 Å². The summed E-state index contributed by atoms with van der Waals surface area (Å²) in [6.45, 7) is 4.61. The van der Waals surface area contributed by atoms with Gasteiger partial charge in [0.25, 0.3) is 0 Å². The average Bonchev–Trinajstić information content (AvgIpc) is 2.42. The van der Waals surface area contributed by atoms with Gasteiger partial charge in [0.05, 0.1) is 12.2 Å². The summed E-state index contributed by atoms with van der Waals surface area (Å²) in [5.74, 6) is 0.678. The molecule has 0 spiro atoms. The third kappa shape index (κ3) is 6.04. The predicted octanol–water partition coefficient (Wildman–Crippen LogP) is 1.36. The SMILES string of the molecule is CC(C)Oc1ccc(C(O)CNC(=O)CCCN)cc1. The molecule has 1 rings (SSSR count). The van der Waals surface area contributed by atoms with E-state index in [1.165, 1.54) is 0 Å². The van der Waals surface area contributed by atoms with Gasteiger partial charge in [-0.25, -0.2) is 0 Å². The van der Waals surface area contributed by atoms with E-state index in [4.69, 9.17) is 10.5 Å². The molecule has 1 aromatic carbocycles. The molecular formula is C15H24N2O3. The third-order valence-corrected chi connectivity index (χ3v) is 2.74. The number of amides is 1. The van der Waals surface area contributed by atoms with Gasteiger partial charge in [0.1, 0.15) is 5.75 Å². The highest BCUT2D eigenvalue weighted by Crippen LogP contribution is 2.18. The Morgan fingerprint density at radius 3 is 2.55 bits per heavy atom. The zero-order valence-corrected chi connectivity index (χ0v) is 12.1. The van der Waals surface area contributed by atoms with E-state index >= 15 is 0 Å². The van der Waals surface area contributed by atoms with Gasteiger partial charge in [-0.15, -0.1) is 0 Å². The standard InChI is InChI=1S/C15H24N2O3/c1-11(2)20-13-7-5-12(6-8-13)14(18)10-17-15(19)4-3-9-16/h5-8,11,14,18H,3-4,9-10,16H2,1-2H3,(H,17,19). The molecule has 0 saturated carbocycles. The number of aliphatic hydroxyl groups is 1. The van der Waals surface area contributed by atoms with Gasteiger partial charge < -0.3 is 20.9 Å². The van der Waals surface area contributed by atoms with E-state index in [0.717, 1.165) is 11.3 Å². The number of hydrogen-bond donors (Lipinski definition) is 3. The summed E-state index contributed by atoms with van der Waals surface area (Å²) in [4.78, 5) is 11.4. The monoisotopic (exact) mass is 280 g/mol. The topological polar surface area (TPSA) is 84.6 Å². The van der Waals surface area contributed by atoms with E-state index in [-0.39, 0.29) is 18.6 Å². The first-order valence-electron chi connectivity index (χ1n) is 6.94. The summed E-state index contributed by atoms with van der Waals surface area (Å²) in [5, 5.41) is 12.7. The molecule has 0 fully saturated rings. The highest BCUT2D eigenvalue weighted by molar-refractivity contribution is 5.75. The molecule has 0 saturated heterocycles. The van der Waals surface area contributed by atoms with E-state index < -0.39 is 6.10 Å². The Hall–Kier alpha value is -1.59. The van der Waals surface area contributed by atoms with Crippen LogP contribution in [0.15, 0.2) is 24.3 Å². The predicted molar refractivity (Wildman–Crippen MR) is 78.5 cm³/mol. The molecule has 0 aliphatic rings. The van der Waals surface area contributed by atoms with Gasteiger partial charge in [-0.2, -0.15) is 0 Å². The first kappa shape index (κ1) is 16.5. The zero-order valence-electron chi connectivity index (χ0n) is 12.1.